The average molecular weight is 223 g/mol. The van der Waals surface area contributed by atoms with Crippen LogP contribution in [0.25, 0.3) is 0 Å². The van der Waals surface area contributed by atoms with Crippen LogP contribution in [0.3, 0.4) is 0 Å². The predicted molar refractivity (Wildman–Crippen MR) is 62.9 cm³/mol. The summed E-state index contributed by atoms with van der Waals surface area (Å²) in [6.45, 7) is 1.23. The third-order valence-corrected chi connectivity index (χ3v) is 3.26. The van der Waals surface area contributed by atoms with Gasteiger partial charge < -0.3 is 10.5 Å². The normalized spacial score (nSPS) is 19.9. The topological polar surface area (TPSA) is 53.1 Å². The Balaban J connectivity index is 1.74. The molecule has 0 unspecified atom stereocenters. The predicted octanol–water partition coefficient (Wildman–Crippen LogP) is 1.60. The number of nitrogens with zero attached hydrogens (tertiary/aromatic N) is 2. The second kappa shape index (κ2) is 4.97. The molecule has 4 nitrogen and oxygen atoms in total. The van der Waals surface area contributed by atoms with E-state index in [0.29, 0.717) is 13.2 Å². The molecular weight excluding hydrogens is 202 g/mol. The van der Waals surface area contributed by atoms with Crippen LogP contribution in [0.2, 0.25) is 0 Å². The van der Waals surface area contributed by atoms with Gasteiger partial charge in [0, 0.05) is 18.8 Å². The quantitative estimate of drug-likeness (QED) is 0.843. The van der Waals surface area contributed by atoms with Gasteiger partial charge >= 0.3 is 0 Å². The zero-order chi connectivity index (χ0) is 11.4. The Bertz CT molecular complexity index is 329. The van der Waals surface area contributed by atoms with Crippen molar-refractivity contribution in [2.45, 2.75) is 44.2 Å². The van der Waals surface area contributed by atoms with Crippen LogP contribution in [0.15, 0.2) is 12.3 Å². The Hall–Kier alpha value is -0.870. The van der Waals surface area contributed by atoms with Gasteiger partial charge in [-0.05, 0) is 18.9 Å². The molecule has 90 valence electrons. The average Bonchev–Trinajstić information content (AvgIpc) is 2.65. The first kappa shape index (κ1) is 11.6. The molecule has 0 spiro atoms. The highest BCUT2D eigenvalue weighted by atomic mass is 16.5. The van der Waals surface area contributed by atoms with Gasteiger partial charge in [0.25, 0.3) is 0 Å². The molecule has 2 N–H and O–H groups in total. The SMILES string of the molecule is Cn1ccc(COCC2(N)CCCCC2)n1. The molecule has 1 heterocycles. The largest absolute Gasteiger partial charge is 0.373 e. The summed E-state index contributed by atoms with van der Waals surface area (Å²) in [5.41, 5.74) is 7.16. The maximum Gasteiger partial charge on any atom is 0.0907 e. The number of aromatic nitrogens is 2. The van der Waals surface area contributed by atoms with Crippen LogP contribution in [-0.4, -0.2) is 21.9 Å². The first-order valence-electron chi connectivity index (χ1n) is 6.03. The Labute approximate surface area is 96.8 Å². The van der Waals surface area contributed by atoms with E-state index in [2.05, 4.69) is 5.10 Å². The van der Waals surface area contributed by atoms with Crippen LogP contribution >= 0.6 is 0 Å². The highest BCUT2D eigenvalue weighted by Crippen LogP contribution is 2.26. The number of nitrogens with two attached hydrogens (primary N) is 1. The second-order valence-electron chi connectivity index (χ2n) is 4.90. The summed E-state index contributed by atoms with van der Waals surface area (Å²) in [6, 6.07) is 1.98. The molecule has 0 radical (unpaired) electrons. The van der Waals surface area contributed by atoms with Crippen LogP contribution in [0.5, 0.6) is 0 Å². The third-order valence-electron chi connectivity index (χ3n) is 3.26. The highest BCUT2D eigenvalue weighted by molar-refractivity contribution is 4.97. The minimum atomic E-state index is -0.0902. The van der Waals surface area contributed by atoms with E-state index < -0.39 is 0 Å². The Morgan fingerprint density at radius 3 is 2.81 bits per heavy atom. The Morgan fingerprint density at radius 1 is 1.44 bits per heavy atom. The van der Waals surface area contributed by atoms with Crippen molar-refractivity contribution in [2.75, 3.05) is 6.61 Å². The van der Waals surface area contributed by atoms with Gasteiger partial charge in [-0.15, -0.1) is 0 Å². The highest BCUT2D eigenvalue weighted by Gasteiger charge is 2.27. The van der Waals surface area contributed by atoms with Crippen molar-refractivity contribution in [2.24, 2.45) is 12.8 Å². The van der Waals surface area contributed by atoms with Gasteiger partial charge in [0.1, 0.15) is 0 Å². The summed E-state index contributed by atoms with van der Waals surface area (Å²) in [4.78, 5) is 0. The molecule has 1 aliphatic rings. The lowest BCUT2D eigenvalue weighted by Gasteiger charge is -2.32. The molecule has 1 fully saturated rings. The van der Waals surface area contributed by atoms with Gasteiger partial charge in [0.15, 0.2) is 0 Å². The van der Waals surface area contributed by atoms with E-state index in [1.807, 2.05) is 19.3 Å². The van der Waals surface area contributed by atoms with E-state index in [4.69, 9.17) is 10.5 Å². The zero-order valence-corrected chi connectivity index (χ0v) is 9.98. The van der Waals surface area contributed by atoms with Gasteiger partial charge in [-0.1, -0.05) is 19.3 Å². The molecule has 0 atom stereocenters. The van der Waals surface area contributed by atoms with Crippen molar-refractivity contribution in [1.82, 2.24) is 9.78 Å². The molecule has 0 saturated heterocycles. The van der Waals surface area contributed by atoms with Crippen molar-refractivity contribution in [1.29, 1.82) is 0 Å². The van der Waals surface area contributed by atoms with E-state index in [1.165, 1.54) is 19.3 Å². The molecule has 1 aliphatic carbocycles. The molecular formula is C12H21N3O. The molecule has 0 bridgehead atoms. The monoisotopic (exact) mass is 223 g/mol. The fourth-order valence-corrected chi connectivity index (χ4v) is 2.30. The summed E-state index contributed by atoms with van der Waals surface area (Å²) in [5.74, 6) is 0. The van der Waals surface area contributed by atoms with Crippen molar-refractivity contribution >= 4 is 0 Å². The van der Waals surface area contributed by atoms with Crippen LogP contribution in [0.1, 0.15) is 37.8 Å². The van der Waals surface area contributed by atoms with Gasteiger partial charge in [-0.3, -0.25) is 4.68 Å². The fourth-order valence-electron chi connectivity index (χ4n) is 2.30. The molecule has 1 aromatic heterocycles. The van der Waals surface area contributed by atoms with Gasteiger partial charge in [0.05, 0.1) is 18.9 Å². The lowest BCUT2D eigenvalue weighted by Crippen LogP contribution is -2.46. The van der Waals surface area contributed by atoms with Gasteiger partial charge in [-0.25, -0.2) is 0 Å². The molecule has 1 aromatic rings. The fraction of sp³-hybridized carbons (Fsp3) is 0.750. The molecule has 0 aromatic carbocycles. The van der Waals surface area contributed by atoms with Crippen LogP contribution in [0, 0.1) is 0 Å². The van der Waals surface area contributed by atoms with Crippen molar-refractivity contribution in [3.05, 3.63) is 18.0 Å². The second-order valence-corrected chi connectivity index (χ2v) is 4.90. The molecule has 0 amide bonds. The standard InChI is InChI=1S/C12H21N3O/c1-15-8-5-11(14-15)9-16-10-12(13)6-3-2-4-7-12/h5,8H,2-4,6-7,9-10,13H2,1H3. The van der Waals surface area contributed by atoms with E-state index in [-0.39, 0.29) is 5.54 Å². The lowest BCUT2D eigenvalue weighted by molar-refractivity contribution is 0.0556. The number of rotatable bonds is 4. The van der Waals surface area contributed by atoms with Crippen molar-refractivity contribution in [3.8, 4) is 0 Å². The third kappa shape index (κ3) is 3.06. The first-order chi connectivity index (χ1) is 7.68. The van der Waals surface area contributed by atoms with Crippen LogP contribution < -0.4 is 5.73 Å². The summed E-state index contributed by atoms with van der Waals surface area (Å²) in [7, 11) is 1.91. The number of hydrogen-bond donors (Lipinski definition) is 1. The van der Waals surface area contributed by atoms with Gasteiger partial charge in [-0.2, -0.15) is 5.10 Å². The van der Waals surface area contributed by atoms with E-state index in [1.54, 1.807) is 4.68 Å². The smallest absolute Gasteiger partial charge is 0.0907 e. The molecule has 4 heteroatoms. The van der Waals surface area contributed by atoms with Crippen LogP contribution in [0.4, 0.5) is 0 Å². The number of aryl methyl sites for hydroxylation is 1. The maximum absolute atomic E-state index is 6.28. The number of ether oxygens (including phenoxy) is 1. The van der Waals surface area contributed by atoms with Crippen molar-refractivity contribution in [3.63, 3.8) is 0 Å². The lowest BCUT2D eigenvalue weighted by atomic mass is 9.83. The van der Waals surface area contributed by atoms with Crippen LogP contribution in [-0.2, 0) is 18.4 Å². The van der Waals surface area contributed by atoms with Crippen molar-refractivity contribution < 1.29 is 4.74 Å². The minimum absolute atomic E-state index is 0.0902. The number of hydrogen-bond acceptors (Lipinski definition) is 3. The molecule has 1 saturated carbocycles. The van der Waals surface area contributed by atoms with Gasteiger partial charge in [0.2, 0.25) is 0 Å². The summed E-state index contributed by atoms with van der Waals surface area (Å²) in [6.07, 6.45) is 7.91. The first-order valence-corrected chi connectivity index (χ1v) is 6.03. The van der Waals surface area contributed by atoms with E-state index in [9.17, 15) is 0 Å². The maximum atomic E-state index is 6.28. The zero-order valence-electron chi connectivity index (χ0n) is 9.98. The summed E-state index contributed by atoms with van der Waals surface area (Å²) in [5, 5.41) is 4.27. The molecule has 0 aliphatic heterocycles. The summed E-state index contributed by atoms with van der Waals surface area (Å²) >= 11 is 0. The van der Waals surface area contributed by atoms with E-state index in [0.717, 1.165) is 18.5 Å². The Morgan fingerprint density at radius 2 is 2.19 bits per heavy atom. The van der Waals surface area contributed by atoms with E-state index >= 15 is 0 Å². The molecule has 2 rings (SSSR count). The summed E-state index contributed by atoms with van der Waals surface area (Å²) < 4.78 is 7.46. The Kier molecular flexibility index (Phi) is 3.61. The minimum Gasteiger partial charge on any atom is -0.373 e. The molecule has 16 heavy (non-hydrogen) atoms.